The highest BCUT2D eigenvalue weighted by molar-refractivity contribution is 7.89. The van der Waals surface area contributed by atoms with Crippen molar-refractivity contribution in [2.45, 2.75) is 11.8 Å². The SMILES string of the molecule is Cc1cc(N2CCN(S(=O)(=O)c3c(F)cccc3F)CC2)n2ncnc2n1. The lowest BCUT2D eigenvalue weighted by Crippen LogP contribution is -2.49. The molecule has 4 rings (SSSR count). The molecule has 0 unspecified atom stereocenters. The van der Waals surface area contributed by atoms with Gasteiger partial charge in [-0.3, -0.25) is 0 Å². The van der Waals surface area contributed by atoms with Crippen LogP contribution in [-0.4, -0.2) is 58.5 Å². The average molecular weight is 394 g/mol. The molecule has 0 radical (unpaired) electrons. The third-order valence-electron chi connectivity index (χ3n) is 4.44. The van der Waals surface area contributed by atoms with Crippen LogP contribution in [0, 0.1) is 18.6 Å². The Labute approximate surface area is 154 Å². The molecule has 0 aliphatic carbocycles. The van der Waals surface area contributed by atoms with Crippen LogP contribution in [0.15, 0.2) is 35.5 Å². The Kier molecular flexibility index (Phi) is 4.27. The normalized spacial score (nSPS) is 16.2. The van der Waals surface area contributed by atoms with Crippen molar-refractivity contribution in [2.75, 3.05) is 31.1 Å². The number of hydrogen-bond acceptors (Lipinski definition) is 6. The van der Waals surface area contributed by atoms with Crippen molar-refractivity contribution in [3.63, 3.8) is 0 Å². The molecule has 0 spiro atoms. The van der Waals surface area contributed by atoms with Crippen LogP contribution in [0.2, 0.25) is 0 Å². The van der Waals surface area contributed by atoms with E-state index in [4.69, 9.17) is 0 Å². The number of benzene rings is 1. The van der Waals surface area contributed by atoms with E-state index in [1.807, 2.05) is 17.9 Å². The number of sulfonamides is 1. The van der Waals surface area contributed by atoms with E-state index in [1.165, 1.54) is 6.33 Å². The molecule has 2 aromatic heterocycles. The van der Waals surface area contributed by atoms with E-state index in [1.54, 1.807) is 4.52 Å². The van der Waals surface area contributed by atoms with Crippen LogP contribution in [0.25, 0.3) is 5.78 Å². The molecule has 0 N–H and O–H groups in total. The largest absolute Gasteiger partial charge is 0.354 e. The molecule has 1 aromatic carbocycles. The first-order valence-electron chi connectivity index (χ1n) is 8.24. The summed E-state index contributed by atoms with van der Waals surface area (Å²) in [6, 6.07) is 4.85. The predicted molar refractivity (Wildman–Crippen MR) is 92.8 cm³/mol. The van der Waals surface area contributed by atoms with Gasteiger partial charge in [0, 0.05) is 37.9 Å². The summed E-state index contributed by atoms with van der Waals surface area (Å²) in [5.74, 6) is -0.990. The molecular weight excluding hydrogens is 378 g/mol. The second-order valence-electron chi connectivity index (χ2n) is 6.17. The molecule has 1 aliphatic rings. The third-order valence-corrected chi connectivity index (χ3v) is 6.39. The average Bonchev–Trinajstić information content (AvgIpc) is 3.09. The second-order valence-corrected chi connectivity index (χ2v) is 8.04. The fourth-order valence-corrected chi connectivity index (χ4v) is 4.68. The number of piperazine rings is 1. The van der Waals surface area contributed by atoms with Gasteiger partial charge in [-0.05, 0) is 19.1 Å². The van der Waals surface area contributed by atoms with Crippen LogP contribution < -0.4 is 4.90 Å². The molecule has 27 heavy (non-hydrogen) atoms. The third kappa shape index (κ3) is 3.02. The molecule has 0 saturated carbocycles. The number of halogens is 2. The van der Waals surface area contributed by atoms with Gasteiger partial charge in [-0.1, -0.05) is 6.07 Å². The number of aromatic nitrogens is 4. The maximum Gasteiger partial charge on any atom is 0.254 e. The van der Waals surface area contributed by atoms with Crippen LogP contribution in [0.1, 0.15) is 5.69 Å². The van der Waals surface area contributed by atoms with Crippen LogP contribution >= 0.6 is 0 Å². The summed E-state index contributed by atoms with van der Waals surface area (Å²) in [4.78, 5) is 9.39. The number of hydrogen-bond donors (Lipinski definition) is 0. The highest BCUT2D eigenvalue weighted by Gasteiger charge is 2.33. The van der Waals surface area contributed by atoms with Crippen molar-refractivity contribution in [1.29, 1.82) is 0 Å². The van der Waals surface area contributed by atoms with Gasteiger partial charge in [-0.2, -0.15) is 18.9 Å². The Hall–Kier alpha value is -2.66. The van der Waals surface area contributed by atoms with Gasteiger partial charge >= 0.3 is 0 Å². The van der Waals surface area contributed by atoms with E-state index in [-0.39, 0.29) is 13.1 Å². The summed E-state index contributed by atoms with van der Waals surface area (Å²) in [6.07, 6.45) is 1.40. The maximum atomic E-state index is 13.9. The number of anilines is 1. The molecule has 11 heteroatoms. The Balaban J connectivity index is 1.59. The lowest BCUT2D eigenvalue weighted by atomic mass is 10.3. The van der Waals surface area contributed by atoms with Gasteiger partial charge in [-0.25, -0.2) is 22.2 Å². The predicted octanol–water partition coefficient (Wildman–Crippen LogP) is 1.22. The van der Waals surface area contributed by atoms with Crippen molar-refractivity contribution in [3.8, 4) is 0 Å². The highest BCUT2D eigenvalue weighted by Crippen LogP contribution is 2.25. The number of rotatable bonds is 3. The summed E-state index contributed by atoms with van der Waals surface area (Å²) in [6.45, 7) is 2.70. The topological polar surface area (TPSA) is 83.7 Å². The highest BCUT2D eigenvalue weighted by atomic mass is 32.2. The molecule has 3 aromatic rings. The summed E-state index contributed by atoms with van der Waals surface area (Å²) in [5, 5.41) is 4.14. The lowest BCUT2D eigenvalue weighted by Gasteiger charge is -2.35. The molecular formula is C16H16F2N6O2S. The molecule has 8 nitrogen and oxygen atoms in total. The summed E-state index contributed by atoms with van der Waals surface area (Å²) in [5.41, 5.74) is 0.758. The second kappa shape index (κ2) is 6.50. The minimum absolute atomic E-state index is 0.0909. The van der Waals surface area contributed by atoms with Crippen LogP contribution in [0.5, 0.6) is 0 Å². The standard InChI is InChI=1S/C16H16F2N6O2S/c1-11-9-14(24-16(21-11)19-10-20-24)22-5-7-23(8-6-22)27(25,26)15-12(17)3-2-4-13(15)18/h2-4,9-10H,5-8H2,1H3. The van der Waals surface area contributed by atoms with E-state index in [2.05, 4.69) is 15.1 Å². The van der Waals surface area contributed by atoms with E-state index in [0.717, 1.165) is 34.0 Å². The van der Waals surface area contributed by atoms with E-state index >= 15 is 0 Å². The van der Waals surface area contributed by atoms with Crippen molar-refractivity contribution >= 4 is 21.6 Å². The van der Waals surface area contributed by atoms with Gasteiger partial charge in [-0.15, -0.1) is 0 Å². The van der Waals surface area contributed by atoms with E-state index in [0.29, 0.717) is 18.9 Å². The fourth-order valence-electron chi connectivity index (χ4n) is 3.15. The first kappa shape index (κ1) is 17.7. The quantitative estimate of drug-likeness (QED) is 0.664. The zero-order valence-electron chi connectivity index (χ0n) is 14.4. The molecule has 1 aliphatic heterocycles. The zero-order valence-corrected chi connectivity index (χ0v) is 15.2. The molecule has 1 saturated heterocycles. The molecule has 0 bridgehead atoms. The van der Waals surface area contributed by atoms with Crippen molar-refractivity contribution < 1.29 is 17.2 Å². The van der Waals surface area contributed by atoms with Crippen molar-refractivity contribution in [1.82, 2.24) is 23.9 Å². The van der Waals surface area contributed by atoms with Crippen molar-refractivity contribution in [2.24, 2.45) is 0 Å². The summed E-state index contributed by atoms with van der Waals surface area (Å²) in [7, 11) is -4.26. The molecule has 1 fully saturated rings. The minimum atomic E-state index is -4.26. The number of aryl methyl sites for hydroxylation is 1. The molecule has 0 amide bonds. The Bertz CT molecular complexity index is 1090. The molecule has 142 valence electrons. The van der Waals surface area contributed by atoms with Gasteiger partial charge < -0.3 is 4.90 Å². The minimum Gasteiger partial charge on any atom is -0.354 e. The fraction of sp³-hybridized carbons (Fsp3) is 0.312. The first-order chi connectivity index (χ1) is 12.9. The van der Waals surface area contributed by atoms with Crippen LogP contribution in [0.3, 0.4) is 0 Å². The Morgan fingerprint density at radius 3 is 2.41 bits per heavy atom. The first-order valence-corrected chi connectivity index (χ1v) is 9.68. The number of nitrogens with zero attached hydrogens (tertiary/aromatic N) is 6. The zero-order chi connectivity index (χ0) is 19.2. The smallest absolute Gasteiger partial charge is 0.254 e. The summed E-state index contributed by atoms with van der Waals surface area (Å²) >= 11 is 0. The maximum absolute atomic E-state index is 13.9. The van der Waals surface area contributed by atoms with Gasteiger partial charge in [0.25, 0.3) is 5.78 Å². The Morgan fingerprint density at radius 1 is 1.07 bits per heavy atom. The lowest BCUT2D eigenvalue weighted by molar-refractivity contribution is 0.377. The van der Waals surface area contributed by atoms with Gasteiger partial charge in [0.2, 0.25) is 10.0 Å². The summed E-state index contributed by atoms with van der Waals surface area (Å²) < 4.78 is 55.9. The monoisotopic (exact) mass is 394 g/mol. The van der Waals surface area contributed by atoms with Crippen LogP contribution in [-0.2, 0) is 10.0 Å². The van der Waals surface area contributed by atoms with Gasteiger partial charge in [0.1, 0.15) is 23.8 Å². The van der Waals surface area contributed by atoms with Crippen molar-refractivity contribution in [3.05, 3.63) is 47.9 Å². The number of fused-ring (bicyclic) bond motifs is 1. The van der Waals surface area contributed by atoms with E-state index in [9.17, 15) is 17.2 Å². The van der Waals surface area contributed by atoms with E-state index < -0.39 is 26.6 Å². The Morgan fingerprint density at radius 2 is 1.74 bits per heavy atom. The van der Waals surface area contributed by atoms with Gasteiger partial charge in [0.05, 0.1) is 0 Å². The van der Waals surface area contributed by atoms with Crippen LogP contribution in [0.4, 0.5) is 14.6 Å². The molecule has 0 atom stereocenters. The molecule has 3 heterocycles. The van der Waals surface area contributed by atoms with Gasteiger partial charge in [0.15, 0.2) is 4.90 Å².